The van der Waals surface area contributed by atoms with Crippen LogP contribution < -0.4 is 4.72 Å². The molecule has 0 radical (unpaired) electrons. The number of sulfonamides is 1. The largest absolute Gasteiger partial charge is 0.463 e. The molecule has 1 rings (SSSR count). The maximum atomic E-state index is 12.8. The fraction of sp³-hybridized carbons (Fsp3) is 0.889. The summed E-state index contributed by atoms with van der Waals surface area (Å²) in [6.45, 7) is -0.727. The molecule has 0 unspecified atom stereocenters. The average Bonchev–Trinajstić information content (AvgIpc) is 2.25. The Labute approximate surface area is 112 Å². The van der Waals surface area contributed by atoms with Gasteiger partial charge in [-0.3, -0.25) is 4.79 Å². The number of carbonyl (C=O) groups is 1. The number of piperidine rings is 1. The number of nitrogens with zero attached hydrogens (tertiary/aromatic N) is 1. The number of hydrogen-bond donors (Lipinski definition) is 1. The lowest BCUT2D eigenvalue weighted by atomic mass is 10.1. The van der Waals surface area contributed by atoms with Gasteiger partial charge in [0.05, 0.1) is 6.26 Å². The summed E-state index contributed by atoms with van der Waals surface area (Å²) in [5.41, 5.74) is 0. The molecule has 1 aliphatic heterocycles. The van der Waals surface area contributed by atoms with E-state index in [1.165, 1.54) is 0 Å². The molecule has 0 atom stereocenters. The minimum atomic E-state index is -5.94. The van der Waals surface area contributed by atoms with Crippen LogP contribution in [0.4, 0.5) is 22.0 Å². The van der Waals surface area contributed by atoms with Gasteiger partial charge in [-0.15, -0.1) is 0 Å². The number of halogens is 5. The van der Waals surface area contributed by atoms with Gasteiger partial charge >= 0.3 is 18.0 Å². The van der Waals surface area contributed by atoms with Gasteiger partial charge in [0.2, 0.25) is 10.0 Å². The van der Waals surface area contributed by atoms with Crippen LogP contribution in [0.15, 0.2) is 0 Å². The van der Waals surface area contributed by atoms with Crippen LogP contribution in [-0.2, 0) is 14.8 Å². The van der Waals surface area contributed by atoms with Crippen LogP contribution in [0.25, 0.3) is 0 Å². The number of hydrogen-bond acceptors (Lipinski definition) is 3. The van der Waals surface area contributed by atoms with E-state index >= 15 is 0 Å². The van der Waals surface area contributed by atoms with Crippen LogP contribution in [0.1, 0.15) is 12.8 Å². The zero-order valence-corrected chi connectivity index (χ0v) is 11.2. The molecule has 0 aromatic rings. The summed E-state index contributed by atoms with van der Waals surface area (Å²) in [6.07, 6.45) is -5.08. The molecule has 0 saturated carbocycles. The van der Waals surface area contributed by atoms with Gasteiger partial charge in [-0.05, 0) is 12.8 Å². The van der Waals surface area contributed by atoms with Gasteiger partial charge < -0.3 is 4.90 Å². The van der Waals surface area contributed by atoms with Crippen molar-refractivity contribution in [3.05, 3.63) is 0 Å². The molecule has 1 fully saturated rings. The van der Waals surface area contributed by atoms with E-state index in [4.69, 9.17) is 0 Å². The topological polar surface area (TPSA) is 66.5 Å². The van der Waals surface area contributed by atoms with Gasteiger partial charge in [0.15, 0.2) is 0 Å². The molecule has 0 aromatic heterocycles. The van der Waals surface area contributed by atoms with Gasteiger partial charge in [0.1, 0.15) is 0 Å². The quantitative estimate of drug-likeness (QED) is 0.778. The van der Waals surface area contributed by atoms with Crippen LogP contribution in [0.3, 0.4) is 0 Å². The second-order valence-electron chi connectivity index (χ2n) is 4.53. The third-order valence-corrected chi connectivity index (χ3v) is 3.55. The van der Waals surface area contributed by atoms with E-state index in [2.05, 4.69) is 4.72 Å². The third kappa shape index (κ3) is 4.01. The highest BCUT2D eigenvalue weighted by Crippen LogP contribution is 2.37. The van der Waals surface area contributed by atoms with Crippen molar-refractivity contribution in [3.63, 3.8) is 0 Å². The van der Waals surface area contributed by atoms with E-state index in [1.54, 1.807) is 0 Å². The second-order valence-corrected chi connectivity index (χ2v) is 6.31. The van der Waals surface area contributed by atoms with E-state index < -0.39 is 34.1 Å². The molecule has 1 N–H and O–H groups in total. The molecule has 0 bridgehead atoms. The van der Waals surface area contributed by atoms with E-state index in [-0.39, 0.29) is 25.9 Å². The van der Waals surface area contributed by atoms with Gasteiger partial charge in [-0.1, -0.05) is 0 Å². The molecule has 0 aliphatic carbocycles. The van der Waals surface area contributed by atoms with Crippen LogP contribution in [0.2, 0.25) is 0 Å². The molecule has 5 nitrogen and oxygen atoms in total. The highest BCUT2D eigenvalue weighted by atomic mass is 32.2. The molecular formula is C9H13F5N2O3S. The molecule has 1 saturated heterocycles. The zero-order chi connectivity index (χ0) is 15.8. The Morgan fingerprint density at radius 2 is 1.60 bits per heavy atom. The molecule has 0 aromatic carbocycles. The van der Waals surface area contributed by atoms with Crippen molar-refractivity contribution in [2.24, 2.45) is 0 Å². The van der Waals surface area contributed by atoms with Gasteiger partial charge in [-0.2, -0.15) is 22.0 Å². The smallest absolute Gasteiger partial charge is 0.337 e. The Morgan fingerprint density at radius 1 is 1.15 bits per heavy atom. The van der Waals surface area contributed by atoms with Crippen LogP contribution in [0, 0.1) is 0 Å². The highest BCUT2D eigenvalue weighted by molar-refractivity contribution is 7.88. The summed E-state index contributed by atoms with van der Waals surface area (Å²) < 4.78 is 85.9. The van der Waals surface area contributed by atoms with E-state index in [0.717, 1.165) is 6.26 Å². The van der Waals surface area contributed by atoms with E-state index in [0.29, 0.717) is 4.90 Å². The predicted molar refractivity (Wildman–Crippen MR) is 58.6 cm³/mol. The lowest BCUT2D eigenvalue weighted by Gasteiger charge is -2.34. The third-order valence-electron chi connectivity index (χ3n) is 2.79. The van der Waals surface area contributed by atoms with Gasteiger partial charge in [0.25, 0.3) is 0 Å². The number of rotatable bonds is 3. The Bertz CT molecular complexity index is 468. The van der Waals surface area contributed by atoms with Crippen molar-refractivity contribution in [2.45, 2.75) is 31.0 Å². The standard InChI is InChI=1S/C9H13F5N2O3S/c1-20(18,19)15-6-2-4-16(5-3-6)7(17)8(10,11)9(12,13)14/h6,15H,2-5H2,1H3. The Kier molecular flexibility index (Phi) is 4.64. The maximum Gasteiger partial charge on any atom is 0.463 e. The molecule has 1 heterocycles. The van der Waals surface area contributed by atoms with Crippen LogP contribution in [-0.4, -0.2) is 56.7 Å². The monoisotopic (exact) mass is 324 g/mol. The second kappa shape index (κ2) is 5.43. The van der Waals surface area contributed by atoms with Crippen molar-refractivity contribution in [1.29, 1.82) is 0 Å². The number of nitrogens with one attached hydrogen (secondary N) is 1. The van der Waals surface area contributed by atoms with Crippen molar-refractivity contribution in [2.75, 3.05) is 19.3 Å². The lowest BCUT2D eigenvalue weighted by molar-refractivity contribution is -0.274. The van der Waals surface area contributed by atoms with Crippen molar-refractivity contribution in [1.82, 2.24) is 9.62 Å². The fourth-order valence-corrected chi connectivity index (χ4v) is 2.66. The minimum absolute atomic E-state index is 0.0211. The highest BCUT2D eigenvalue weighted by Gasteiger charge is 2.64. The molecule has 118 valence electrons. The van der Waals surface area contributed by atoms with Crippen LogP contribution >= 0.6 is 0 Å². The van der Waals surface area contributed by atoms with E-state index in [9.17, 15) is 35.2 Å². The van der Waals surface area contributed by atoms with Gasteiger partial charge in [-0.25, -0.2) is 13.1 Å². The Hall–Kier alpha value is -0.970. The molecule has 0 spiro atoms. The number of likely N-dealkylation sites (tertiary alicyclic amines) is 1. The summed E-state index contributed by atoms with van der Waals surface area (Å²) in [5.74, 6) is -7.73. The van der Waals surface area contributed by atoms with Crippen molar-refractivity contribution in [3.8, 4) is 0 Å². The first kappa shape index (κ1) is 17.1. The zero-order valence-electron chi connectivity index (χ0n) is 10.4. The summed E-state index contributed by atoms with van der Waals surface area (Å²) in [5, 5.41) is 0. The summed E-state index contributed by atoms with van der Waals surface area (Å²) in [7, 11) is -3.49. The lowest BCUT2D eigenvalue weighted by Crippen LogP contribution is -2.55. The average molecular weight is 324 g/mol. The minimum Gasteiger partial charge on any atom is -0.337 e. The van der Waals surface area contributed by atoms with Gasteiger partial charge in [0, 0.05) is 19.1 Å². The molecule has 11 heteroatoms. The molecule has 1 amide bonds. The van der Waals surface area contributed by atoms with Crippen molar-refractivity contribution < 1.29 is 35.2 Å². The number of amides is 1. The summed E-state index contributed by atoms with van der Waals surface area (Å²) >= 11 is 0. The summed E-state index contributed by atoms with van der Waals surface area (Å²) in [6, 6.07) is -0.575. The molecular weight excluding hydrogens is 311 g/mol. The predicted octanol–water partition coefficient (Wildman–Crippen LogP) is 0.724. The van der Waals surface area contributed by atoms with Crippen molar-refractivity contribution >= 4 is 15.9 Å². The normalized spacial score (nSPS) is 19.2. The first-order valence-corrected chi connectivity index (χ1v) is 7.45. The first-order valence-electron chi connectivity index (χ1n) is 5.56. The summed E-state index contributed by atoms with van der Waals surface area (Å²) in [4.78, 5) is 11.6. The van der Waals surface area contributed by atoms with Crippen LogP contribution in [0.5, 0.6) is 0 Å². The fourth-order valence-electron chi connectivity index (χ4n) is 1.82. The maximum absolute atomic E-state index is 12.8. The number of alkyl halides is 5. The number of carbonyl (C=O) groups excluding carboxylic acids is 1. The Morgan fingerprint density at radius 3 is 1.95 bits per heavy atom. The Balaban J connectivity index is 2.64. The SMILES string of the molecule is CS(=O)(=O)NC1CCN(C(=O)C(F)(F)C(F)(F)F)CC1. The van der Waals surface area contributed by atoms with E-state index in [1.807, 2.05) is 0 Å². The molecule has 20 heavy (non-hydrogen) atoms. The first-order chi connectivity index (χ1) is 8.84. The molecule has 1 aliphatic rings.